The number of hydrogen-bond acceptors (Lipinski definition) is 5. The number of benzene rings is 3. The zero-order valence-corrected chi connectivity index (χ0v) is 20.9. The van der Waals surface area contributed by atoms with Crippen LogP contribution in [0.25, 0.3) is 10.9 Å². The van der Waals surface area contributed by atoms with Gasteiger partial charge in [-0.15, -0.1) is 0 Å². The van der Waals surface area contributed by atoms with Gasteiger partial charge in [0.15, 0.2) is 16.6 Å². The SMILES string of the molecule is COc1ccc(NC(=S)N(Cc2ccc(F)cc2)Cc2cc3cc(OC)c(OC)cc3[nH]c2=O)cc1. The number of nitrogens with zero attached hydrogens (tertiary/aromatic N) is 1. The second-order valence-corrected chi connectivity index (χ2v) is 8.45. The molecule has 186 valence electrons. The molecule has 1 heterocycles. The topological polar surface area (TPSA) is 75.8 Å². The Bertz CT molecular complexity index is 1420. The van der Waals surface area contributed by atoms with Crippen LogP contribution in [0.15, 0.2) is 71.5 Å². The smallest absolute Gasteiger partial charge is 0.253 e. The third-order valence-corrected chi connectivity index (χ3v) is 6.06. The summed E-state index contributed by atoms with van der Waals surface area (Å²) in [6.07, 6.45) is 0. The molecule has 0 radical (unpaired) electrons. The van der Waals surface area contributed by atoms with Crippen molar-refractivity contribution in [2.75, 3.05) is 26.6 Å². The van der Waals surface area contributed by atoms with Crippen molar-refractivity contribution in [1.29, 1.82) is 0 Å². The first-order valence-corrected chi connectivity index (χ1v) is 11.5. The van der Waals surface area contributed by atoms with Crippen molar-refractivity contribution in [3.05, 3.63) is 94.0 Å². The molecular formula is C27H26FN3O4S. The van der Waals surface area contributed by atoms with Crippen molar-refractivity contribution in [2.24, 2.45) is 0 Å². The van der Waals surface area contributed by atoms with E-state index in [4.69, 9.17) is 26.4 Å². The molecule has 0 aliphatic heterocycles. The van der Waals surface area contributed by atoms with E-state index in [1.165, 1.54) is 12.1 Å². The number of anilines is 1. The monoisotopic (exact) mass is 507 g/mol. The average Bonchev–Trinajstić information content (AvgIpc) is 2.89. The number of halogens is 1. The summed E-state index contributed by atoms with van der Waals surface area (Å²) >= 11 is 5.72. The van der Waals surface area contributed by atoms with Gasteiger partial charge in [-0.25, -0.2) is 4.39 Å². The van der Waals surface area contributed by atoms with Gasteiger partial charge in [-0.1, -0.05) is 12.1 Å². The molecule has 0 atom stereocenters. The molecule has 36 heavy (non-hydrogen) atoms. The maximum Gasteiger partial charge on any atom is 0.253 e. The van der Waals surface area contributed by atoms with Crippen LogP contribution in [-0.4, -0.2) is 36.3 Å². The highest BCUT2D eigenvalue weighted by Gasteiger charge is 2.16. The van der Waals surface area contributed by atoms with Gasteiger partial charge in [0, 0.05) is 29.2 Å². The Morgan fingerprint density at radius 2 is 1.58 bits per heavy atom. The molecule has 7 nitrogen and oxygen atoms in total. The van der Waals surface area contributed by atoms with E-state index in [0.29, 0.717) is 34.2 Å². The van der Waals surface area contributed by atoms with Crippen LogP contribution >= 0.6 is 12.2 Å². The van der Waals surface area contributed by atoms with E-state index in [2.05, 4.69) is 10.3 Å². The van der Waals surface area contributed by atoms with Crippen LogP contribution in [0, 0.1) is 5.82 Å². The molecule has 0 unspecified atom stereocenters. The Morgan fingerprint density at radius 1 is 0.917 bits per heavy atom. The fraction of sp³-hybridized carbons (Fsp3) is 0.185. The first-order chi connectivity index (χ1) is 17.4. The Hall–Kier alpha value is -4.11. The molecule has 9 heteroatoms. The highest BCUT2D eigenvalue weighted by Crippen LogP contribution is 2.31. The Morgan fingerprint density at radius 3 is 2.22 bits per heavy atom. The Balaban J connectivity index is 1.66. The van der Waals surface area contributed by atoms with Crippen LogP contribution in [0.1, 0.15) is 11.1 Å². The fourth-order valence-electron chi connectivity index (χ4n) is 3.79. The summed E-state index contributed by atoms with van der Waals surface area (Å²) in [7, 11) is 4.70. The van der Waals surface area contributed by atoms with E-state index in [1.54, 1.807) is 39.5 Å². The van der Waals surface area contributed by atoms with E-state index >= 15 is 0 Å². The highest BCUT2D eigenvalue weighted by molar-refractivity contribution is 7.80. The maximum atomic E-state index is 13.5. The first-order valence-electron chi connectivity index (χ1n) is 11.1. The molecule has 0 spiro atoms. The molecule has 0 bridgehead atoms. The summed E-state index contributed by atoms with van der Waals surface area (Å²) < 4.78 is 29.4. The van der Waals surface area contributed by atoms with Crippen molar-refractivity contribution in [3.63, 3.8) is 0 Å². The van der Waals surface area contributed by atoms with E-state index in [9.17, 15) is 9.18 Å². The van der Waals surface area contributed by atoms with Gasteiger partial charge in [0.25, 0.3) is 5.56 Å². The van der Waals surface area contributed by atoms with Crippen LogP contribution in [0.4, 0.5) is 10.1 Å². The number of H-pyrrole nitrogens is 1. The second-order valence-electron chi connectivity index (χ2n) is 8.06. The van der Waals surface area contributed by atoms with Crippen LogP contribution in [-0.2, 0) is 13.1 Å². The molecule has 0 aliphatic carbocycles. The number of pyridine rings is 1. The van der Waals surface area contributed by atoms with Crippen molar-refractivity contribution >= 4 is 33.9 Å². The minimum atomic E-state index is -0.320. The van der Waals surface area contributed by atoms with Crippen molar-refractivity contribution in [2.45, 2.75) is 13.1 Å². The van der Waals surface area contributed by atoms with Gasteiger partial charge in [0.2, 0.25) is 0 Å². The lowest BCUT2D eigenvalue weighted by Crippen LogP contribution is -2.35. The predicted octanol–water partition coefficient (Wildman–Crippen LogP) is 5.09. The third-order valence-electron chi connectivity index (χ3n) is 5.70. The van der Waals surface area contributed by atoms with E-state index in [-0.39, 0.29) is 17.9 Å². The number of nitrogens with one attached hydrogen (secondary N) is 2. The number of hydrogen-bond donors (Lipinski definition) is 2. The van der Waals surface area contributed by atoms with E-state index in [1.807, 2.05) is 41.3 Å². The number of methoxy groups -OCH3 is 3. The van der Waals surface area contributed by atoms with Crippen LogP contribution < -0.4 is 25.1 Å². The van der Waals surface area contributed by atoms with E-state index < -0.39 is 0 Å². The normalized spacial score (nSPS) is 10.7. The van der Waals surface area contributed by atoms with Crippen LogP contribution in [0.5, 0.6) is 17.2 Å². The largest absolute Gasteiger partial charge is 0.497 e. The fourth-order valence-corrected chi connectivity index (χ4v) is 4.03. The zero-order chi connectivity index (χ0) is 25.7. The number of fused-ring (bicyclic) bond motifs is 1. The lowest BCUT2D eigenvalue weighted by Gasteiger charge is -2.26. The van der Waals surface area contributed by atoms with Gasteiger partial charge < -0.3 is 29.4 Å². The lowest BCUT2D eigenvalue weighted by molar-refractivity contribution is 0.355. The van der Waals surface area contributed by atoms with Gasteiger partial charge in [0.05, 0.1) is 33.4 Å². The summed E-state index contributed by atoms with van der Waals surface area (Å²) in [5.41, 5.74) is 2.51. The zero-order valence-electron chi connectivity index (χ0n) is 20.1. The van der Waals surface area contributed by atoms with E-state index in [0.717, 1.165) is 22.4 Å². The van der Waals surface area contributed by atoms with Gasteiger partial charge in [-0.3, -0.25) is 4.79 Å². The van der Waals surface area contributed by atoms with Gasteiger partial charge in [-0.2, -0.15) is 0 Å². The molecule has 1 aromatic heterocycles. The summed E-state index contributed by atoms with van der Waals surface area (Å²) in [5, 5.41) is 4.42. The van der Waals surface area contributed by atoms with Crippen LogP contribution in [0.2, 0.25) is 0 Å². The maximum absolute atomic E-state index is 13.5. The first kappa shape index (κ1) is 25.0. The second kappa shape index (κ2) is 11.1. The van der Waals surface area contributed by atoms with Gasteiger partial charge in [-0.05, 0) is 66.3 Å². The number of thiocarbonyl (C=S) groups is 1. The number of ether oxygens (including phenoxy) is 3. The molecular weight excluding hydrogens is 481 g/mol. The highest BCUT2D eigenvalue weighted by atomic mass is 32.1. The molecule has 4 aromatic rings. The summed E-state index contributed by atoms with van der Waals surface area (Å²) in [5.74, 6) is 1.49. The summed E-state index contributed by atoms with van der Waals surface area (Å²) in [6.45, 7) is 0.588. The number of aromatic amines is 1. The van der Waals surface area contributed by atoms with Crippen molar-refractivity contribution in [3.8, 4) is 17.2 Å². The predicted molar refractivity (Wildman–Crippen MR) is 143 cm³/mol. The molecule has 0 amide bonds. The lowest BCUT2D eigenvalue weighted by atomic mass is 10.1. The third kappa shape index (κ3) is 5.75. The van der Waals surface area contributed by atoms with Crippen molar-refractivity contribution in [1.82, 2.24) is 9.88 Å². The number of rotatable bonds is 8. The number of aromatic nitrogens is 1. The quantitative estimate of drug-likeness (QED) is 0.322. The minimum Gasteiger partial charge on any atom is -0.497 e. The Kier molecular flexibility index (Phi) is 7.70. The molecule has 0 saturated heterocycles. The van der Waals surface area contributed by atoms with Crippen LogP contribution in [0.3, 0.4) is 0 Å². The Labute approximate surface area is 213 Å². The minimum absolute atomic E-state index is 0.221. The molecule has 2 N–H and O–H groups in total. The standard InChI is InChI=1S/C27H26FN3O4S/c1-33-22-10-8-21(9-11-22)29-27(36)31(15-17-4-6-20(28)7-5-17)16-19-12-18-13-24(34-2)25(35-3)14-23(18)30-26(19)32/h4-14H,15-16H2,1-3H3,(H,29,36)(H,30,32). The van der Waals surface area contributed by atoms with Gasteiger partial charge >= 0.3 is 0 Å². The molecule has 0 aliphatic rings. The summed E-state index contributed by atoms with van der Waals surface area (Å²) in [4.78, 5) is 17.8. The molecule has 0 fully saturated rings. The molecule has 0 saturated carbocycles. The summed E-state index contributed by atoms with van der Waals surface area (Å²) in [6, 6.07) is 18.9. The van der Waals surface area contributed by atoms with Gasteiger partial charge in [0.1, 0.15) is 11.6 Å². The molecule has 4 rings (SSSR count). The average molecular weight is 508 g/mol. The van der Waals surface area contributed by atoms with Crippen molar-refractivity contribution < 1.29 is 18.6 Å². The molecule has 3 aromatic carbocycles.